The molecule has 0 aliphatic carbocycles. The molecule has 0 radical (unpaired) electrons. The van der Waals surface area contributed by atoms with Crippen molar-refractivity contribution in [2.24, 2.45) is 0 Å². The van der Waals surface area contributed by atoms with E-state index in [4.69, 9.17) is 14.2 Å². The van der Waals surface area contributed by atoms with E-state index in [1.165, 1.54) is 14.0 Å². The van der Waals surface area contributed by atoms with Gasteiger partial charge in [-0.2, -0.15) is 0 Å². The number of allylic oxidation sites excluding steroid dienone is 1. The summed E-state index contributed by atoms with van der Waals surface area (Å²) in [6, 6.07) is 0. The molecule has 0 N–H and O–H groups in total. The van der Waals surface area contributed by atoms with Crippen LogP contribution in [0.25, 0.3) is 0 Å². The minimum atomic E-state index is -0.671. The SMILES string of the molecule is C=CC(=O)OC(CCN(C)C)=C(C)C(=O)OC(CCCC)=C(C)C(=O)OC. The Kier molecular flexibility index (Phi) is 11.7. The summed E-state index contributed by atoms with van der Waals surface area (Å²) in [5, 5.41) is 0. The molecule has 0 aromatic rings. The molecule has 152 valence electrons. The van der Waals surface area contributed by atoms with Gasteiger partial charge in [-0.3, -0.25) is 0 Å². The Morgan fingerprint density at radius 1 is 0.963 bits per heavy atom. The predicted molar refractivity (Wildman–Crippen MR) is 102 cm³/mol. The first-order valence-electron chi connectivity index (χ1n) is 8.86. The number of unbranched alkanes of at least 4 members (excludes halogenated alkanes) is 1. The van der Waals surface area contributed by atoms with Gasteiger partial charge in [-0.05, 0) is 34.4 Å². The Balaban J connectivity index is 5.65. The lowest BCUT2D eigenvalue weighted by atomic mass is 10.1. The van der Waals surface area contributed by atoms with Crippen LogP contribution in [0.5, 0.6) is 0 Å². The molecule has 0 amide bonds. The number of hydrogen-bond acceptors (Lipinski definition) is 7. The molecule has 0 rings (SSSR count). The number of methoxy groups -OCH3 is 1. The van der Waals surface area contributed by atoms with E-state index in [1.807, 2.05) is 25.9 Å². The minimum Gasteiger partial charge on any atom is -0.466 e. The van der Waals surface area contributed by atoms with Crippen LogP contribution in [0.15, 0.2) is 35.3 Å². The van der Waals surface area contributed by atoms with Crippen molar-refractivity contribution >= 4 is 17.9 Å². The lowest BCUT2D eigenvalue weighted by Gasteiger charge is -2.16. The maximum Gasteiger partial charge on any atom is 0.342 e. The Hall–Kier alpha value is -2.41. The van der Waals surface area contributed by atoms with Crippen molar-refractivity contribution in [1.82, 2.24) is 4.90 Å². The van der Waals surface area contributed by atoms with E-state index in [0.29, 0.717) is 19.4 Å². The molecule has 0 aliphatic heterocycles. The summed E-state index contributed by atoms with van der Waals surface area (Å²) in [4.78, 5) is 37.9. The van der Waals surface area contributed by atoms with Crippen molar-refractivity contribution < 1.29 is 28.6 Å². The molecule has 0 aromatic carbocycles. The molecular weight excluding hydrogens is 350 g/mol. The van der Waals surface area contributed by atoms with Gasteiger partial charge in [0, 0.05) is 25.5 Å². The third-order valence-electron chi connectivity index (χ3n) is 3.78. The molecule has 0 saturated carbocycles. The summed E-state index contributed by atoms with van der Waals surface area (Å²) in [6.45, 7) is 9.00. The Morgan fingerprint density at radius 3 is 2.00 bits per heavy atom. The van der Waals surface area contributed by atoms with Gasteiger partial charge >= 0.3 is 17.9 Å². The molecule has 7 heteroatoms. The zero-order chi connectivity index (χ0) is 21.0. The molecule has 0 saturated heterocycles. The highest BCUT2D eigenvalue weighted by atomic mass is 16.6. The van der Waals surface area contributed by atoms with E-state index in [0.717, 1.165) is 18.9 Å². The standard InChI is InChI=1S/C20H31NO6/c1-8-10-11-16(14(3)19(23)25-7)27-20(24)15(4)17(12-13-21(5)6)26-18(22)9-2/h9H,2,8,10-13H2,1,3-7H3. The monoisotopic (exact) mass is 381 g/mol. The summed E-state index contributed by atoms with van der Waals surface area (Å²) in [7, 11) is 5.00. The van der Waals surface area contributed by atoms with Crippen molar-refractivity contribution in [3.8, 4) is 0 Å². The molecule has 0 heterocycles. The van der Waals surface area contributed by atoms with Crippen LogP contribution < -0.4 is 0 Å². The Labute approximate surface area is 161 Å². The van der Waals surface area contributed by atoms with Gasteiger partial charge in [0.05, 0.1) is 18.3 Å². The van der Waals surface area contributed by atoms with E-state index in [-0.39, 0.29) is 22.7 Å². The topological polar surface area (TPSA) is 82.1 Å². The van der Waals surface area contributed by atoms with Gasteiger partial charge in [-0.15, -0.1) is 0 Å². The quantitative estimate of drug-likeness (QED) is 0.235. The number of rotatable bonds is 11. The number of esters is 3. The van der Waals surface area contributed by atoms with Crippen molar-refractivity contribution in [3.05, 3.63) is 35.3 Å². The smallest absolute Gasteiger partial charge is 0.342 e. The molecular formula is C20H31NO6. The molecule has 0 bridgehead atoms. The number of carbonyl (C=O) groups is 3. The summed E-state index contributed by atoms with van der Waals surface area (Å²) >= 11 is 0. The summed E-state index contributed by atoms with van der Waals surface area (Å²) in [5.41, 5.74) is 0.406. The second kappa shape index (κ2) is 12.9. The number of hydrogen-bond donors (Lipinski definition) is 0. The molecule has 0 atom stereocenters. The van der Waals surface area contributed by atoms with Gasteiger partial charge < -0.3 is 19.1 Å². The van der Waals surface area contributed by atoms with Crippen LogP contribution in [0.4, 0.5) is 0 Å². The van der Waals surface area contributed by atoms with E-state index in [9.17, 15) is 14.4 Å². The second-order valence-corrected chi connectivity index (χ2v) is 6.26. The fraction of sp³-hybridized carbons (Fsp3) is 0.550. The third kappa shape index (κ3) is 9.19. The van der Waals surface area contributed by atoms with E-state index in [1.54, 1.807) is 6.92 Å². The van der Waals surface area contributed by atoms with Gasteiger partial charge in [0.25, 0.3) is 0 Å². The van der Waals surface area contributed by atoms with Crippen molar-refractivity contribution in [1.29, 1.82) is 0 Å². The van der Waals surface area contributed by atoms with Gasteiger partial charge in [-0.25, -0.2) is 14.4 Å². The van der Waals surface area contributed by atoms with Crippen LogP contribution in [0, 0.1) is 0 Å². The normalized spacial score (nSPS) is 12.7. The fourth-order valence-corrected chi connectivity index (χ4v) is 2.02. The van der Waals surface area contributed by atoms with Gasteiger partial charge in [0.15, 0.2) is 0 Å². The van der Waals surface area contributed by atoms with Crippen LogP contribution in [-0.4, -0.2) is 50.6 Å². The van der Waals surface area contributed by atoms with Crippen LogP contribution in [0.2, 0.25) is 0 Å². The number of carbonyl (C=O) groups excluding carboxylic acids is 3. The highest BCUT2D eigenvalue weighted by molar-refractivity contribution is 5.92. The fourth-order valence-electron chi connectivity index (χ4n) is 2.02. The summed E-state index contributed by atoms with van der Waals surface area (Å²) in [6.07, 6.45) is 3.42. The van der Waals surface area contributed by atoms with Gasteiger partial charge in [-0.1, -0.05) is 19.9 Å². The number of ether oxygens (including phenoxy) is 3. The first-order chi connectivity index (χ1) is 12.7. The van der Waals surface area contributed by atoms with Crippen LogP contribution in [-0.2, 0) is 28.6 Å². The molecule has 0 unspecified atom stereocenters. The lowest BCUT2D eigenvalue weighted by Crippen LogP contribution is -2.18. The van der Waals surface area contributed by atoms with Gasteiger partial charge in [0.1, 0.15) is 11.5 Å². The van der Waals surface area contributed by atoms with E-state index >= 15 is 0 Å². The maximum atomic E-state index is 12.6. The molecule has 27 heavy (non-hydrogen) atoms. The molecule has 0 spiro atoms. The molecule has 7 nitrogen and oxygen atoms in total. The highest BCUT2D eigenvalue weighted by Crippen LogP contribution is 2.20. The van der Waals surface area contributed by atoms with Crippen LogP contribution in [0.1, 0.15) is 46.5 Å². The van der Waals surface area contributed by atoms with Crippen molar-refractivity contribution in [3.63, 3.8) is 0 Å². The molecule has 0 aromatic heterocycles. The maximum absolute atomic E-state index is 12.6. The molecule has 0 fully saturated rings. The van der Waals surface area contributed by atoms with Crippen molar-refractivity contribution in [2.45, 2.75) is 46.5 Å². The first-order valence-corrected chi connectivity index (χ1v) is 8.86. The Morgan fingerprint density at radius 2 is 1.52 bits per heavy atom. The van der Waals surface area contributed by atoms with Crippen LogP contribution >= 0.6 is 0 Å². The van der Waals surface area contributed by atoms with Gasteiger partial charge in [0.2, 0.25) is 0 Å². The Bertz CT molecular complexity index is 616. The highest BCUT2D eigenvalue weighted by Gasteiger charge is 2.20. The zero-order valence-corrected chi connectivity index (χ0v) is 17.2. The zero-order valence-electron chi connectivity index (χ0n) is 17.2. The summed E-state index contributed by atoms with van der Waals surface area (Å²) < 4.78 is 15.4. The second-order valence-electron chi connectivity index (χ2n) is 6.26. The molecule has 0 aliphatic rings. The lowest BCUT2D eigenvalue weighted by molar-refractivity contribution is -0.137. The average molecular weight is 381 g/mol. The van der Waals surface area contributed by atoms with Crippen molar-refractivity contribution in [2.75, 3.05) is 27.7 Å². The predicted octanol–water partition coefficient (Wildman–Crippen LogP) is 3.12. The first kappa shape index (κ1) is 24.6. The van der Waals surface area contributed by atoms with E-state index in [2.05, 4.69) is 6.58 Å². The minimum absolute atomic E-state index is 0.165. The average Bonchev–Trinajstić information content (AvgIpc) is 2.65. The van der Waals surface area contributed by atoms with Crippen LogP contribution in [0.3, 0.4) is 0 Å². The number of nitrogens with zero attached hydrogens (tertiary/aromatic N) is 1. The van der Waals surface area contributed by atoms with E-state index < -0.39 is 17.9 Å². The third-order valence-corrected chi connectivity index (χ3v) is 3.78. The largest absolute Gasteiger partial charge is 0.466 e. The summed E-state index contributed by atoms with van der Waals surface area (Å²) in [5.74, 6) is -1.40.